The fraction of sp³-hybridized carbons (Fsp3) is 0.238. The van der Waals surface area contributed by atoms with Crippen molar-refractivity contribution >= 4 is 5.88 Å². The molecule has 0 aliphatic carbocycles. The lowest BCUT2D eigenvalue weighted by Crippen LogP contribution is -2.36. The first-order chi connectivity index (χ1) is 12.9. The number of anilines is 1. The van der Waals surface area contributed by atoms with E-state index in [1.807, 2.05) is 41.3 Å². The summed E-state index contributed by atoms with van der Waals surface area (Å²) in [5, 5.41) is 9.55. The number of hydrogen-bond acceptors (Lipinski definition) is 5. The van der Waals surface area contributed by atoms with Gasteiger partial charge in [0.05, 0.1) is 19.1 Å². The summed E-state index contributed by atoms with van der Waals surface area (Å²) in [6.45, 7) is 2.65. The van der Waals surface area contributed by atoms with Gasteiger partial charge in [-0.1, -0.05) is 60.7 Å². The summed E-state index contributed by atoms with van der Waals surface area (Å²) < 4.78 is 11.6. The largest absolute Gasteiger partial charge is 0.423 e. The summed E-state index contributed by atoms with van der Waals surface area (Å²) in [6.07, 6.45) is 0. The van der Waals surface area contributed by atoms with Gasteiger partial charge in [-0.25, -0.2) is 0 Å². The average molecular weight is 345 g/mol. The van der Waals surface area contributed by atoms with Crippen LogP contribution in [0.3, 0.4) is 0 Å². The maximum absolute atomic E-state index is 9.55. The first-order valence-electron chi connectivity index (χ1n) is 8.70. The quantitative estimate of drug-likeness (QED) is 0.723. The van der Waals surface area contributed by atoms with Crippen LogP contribution in [0.1, 0.15) is 28.6 Å². The maximum Gasteiger partial charge on any atom is 0.234 e. The molecule has 1 saturated heterocycles. The molecule has 4 rings (SSSR count). The predicted molar refractivity (Wildman–Crippen MR) is 98.1 cm³/mol. The molecule has 0 saturated carbocycles. The van der Waals surface area contributed by atoms with Crippen LogP contribution in [0.15, 0.2) is 65.1 Å². The number of oxazole rings is 1. The molecule has 1 aliphatic rings. The lowest BCUT2D eigenvalue weighted by atomic mass is 9.91. The average Bonchev–Trinajstić information content (AvgIpc) is 3.14. The smallest absolute Gasteiger partial charge is 0.234 e. The topological polar surface area (TPSA) is 62.3 Å². The third-order valence-corrected chi connectivity index (χ3v) is 4.54. The number of benzene rings is 2. The van der Waals surface area contributed by atoms with Crippen molar-refractivity contribution in [1.82, 2.24) is 4.98 Å². The van der Waals surface area contributed by atoms with Crippen LogP contribution in [0.2, 0.25) is 0 Å². The summed E-state index contributed by atoms with van der Waals surface area (Å²) in [5.41, 5.74) is 2.50. The van der Waals surface area contributed by atoms with Gasteiger partial charge < -0.3 is 14.1 Å². The molecular weight excluding hydrogens is 326 g/mol. The molecule has 0 atom stereocenters. The number of nitriles is 1. The van der Waals surface area contributed by atoms with Gasteiger partial charge in [-0.05, 0) is 11.1 Å². The van der Waals surface area contributed by atoms with E-state index in [1.54, 1.807) is 0 Å². The van der Waals surface area contributed by atoms with Crippen molar-refractivity contribution in [3.63, 3.8) is 0 Å². The Balaban J connectivity index is 1.79. The highest BCUT2D eigenvalue weighted by molar-refractivity contribution is 5.50. The van der Waals surface area contributed by atoms with Crippen molar-refractivity contribution in [1.29, 1.82) is 5.26 Å². The van der Waals surface area contributed by atoms with Crippen LogP contribution in [0, 0.1) is 11.3 Å². The van der Waals surface area contributed by atoms with Crippen LogP contribution in [-0.4, -0.2) is 31.3 Å². The van der Waals surface area contributed by atoms with E-state index in [0.29, 0.717) is 43.8 Å². The summed E-state index contributed by atoms with van der Waals surface area (Å²) in [5.74, 6) is 0.933. The highest BCUT2D eigenvalue weighted by atomic mass is 16.5. The third kappa shape index (κ3) is 3.19. The van der Waals surface area contributed by atoms with Gasteiger partial charge in [-0.3, -0.25) is 0 Å². The van der Waals surface area contributed by atoms with Crippen LogP contribution in [0.4, 0.5) is 5.88 Å². The van der Waals surface area contributed by atoms with Crippen molar-refractivity contribution in [2.75, 3.05) is 31.2 Å². The van der Waals surface area contributed by atoms with Crippen molar-refractivity contribution < 1.29 is 9.15 Å². The molecule has 0 amide bonds. The van der Waals surface area contributed by atoms with E-state index in [0.717, 1.165) is 11.1 Å². The van der Waals surface area contributed by atoms with Gasteiger partial charge in [-0.15, -0.1) is 0 Å². The molecule has 0 spiro atoms. The van der Waals surface area contributed by atoms with Crippen molar-refractivity contribution in [3.05, 3.63) is 83.4 Å². The summed E-state index contributed by atoms with van der Waals surface area (Å²) in [7, 11) is 0. The number of hydrogen-bond donors (Lipinski definition) is 0. The molecule has 1 aromatic heterocycles. The van der Waals surface area contributed by atoms with E-state index in [1.165, 1.54) is 0 Å². The SMILES string of the molecule is N#Cc1nc(C(c2ccccc2)c2ccccc2)oc1N1CCOCC1. The lowest BCUT2D eigenvalue weighted by Gasteiger charge is -2.26. The molecule has 1 aliphatic heterocycles. The predicted octanol–water partition coefficient (Wildman–Crippen LogP) is 3.56. The highest BCUT2D eigenvalue weighted by Crippen LogP contribution is 2.34. The Kier molecular flexibility index (Phi) is 4.67. The zero-order chi connectivity index (χ0) is 17.8. The van der Waals surface area contributed by atoms with Crippen molar-refractivity contribution in [3.8, 4) is 6.07 Å². The minimum atomic E-state index is -0.153. The number of ether oxygens (including phenoxy) is 1. The van der Waals surface area contributed by atoms with E-state index in [9.17, 15) is 5.26 Å². The molecule has 130 valence electrons. The van der Waals surface area contributed by atoms with E-state index in [2.05, 4.69) is 35.3 Å². The second-order valence-corrected chi connectivity index (χ2v) is 6.17. The highest BCUT2D eigenvalue weighted by Gasteiger charge is 2.27. The summed E-state index contributed by atoms with van der Waals surface area (Å²) in [6, 6.07) is 22.4. The summed E-state index contributed by atoms with van der Waals surface area (Å²) >= 11 is 0. The van der Waals surface area contributed by atoms with Crippen LogP contribution < -0.4 is 4.90 Å². The second-order valence-electron chi connectivity index (χ2n) is 6.17. The zero-order valence-electron chi connectivity index (χ0n) is 14.3. The minimum absolute atomic E-state index is 0.153. The Morgan fingerprint density at radius 1 is 0.923 bits per heavy atom. The van der Waals surface area contributed by atoms with E-state index < -0.39 is 0 Å². The first kappa shape index (κ1) is 16.4. The van der Waals surface area contributed by atoms with Crippen LogP contribution in [0.5, 0.6) is 0 Å². The van der Waals surface area contributed by atoms with Gasteiger partial charge in [0.2, 0.25) is 17.5 Å². The molecule has 5 heteroatoms. The van der Waals surface area contributed by atoms with Crippen molar-refractivity contribution in [2.45, 2.75) is 5.92 Å². The second kappa shape index (κ2) is 7.42. The summed E-state index contributed by atoms with van der Waals surface area (Å²) in [4.78, 5) is 6.58. The molecule has 0 N–H and O–H groups in total. The van der Waals surface area contributed by atoms with E-state index in [-0.39, 0.29) is 5.92 Å². The lowest BCUT2D eigenvalue weighted by molar-refractivity contribution is 0.120. The third-order valence-electron chi connectivity index (χ3n) is 4.54. The van der Waals surface area contributed by atoms with E-state index >= 15 is 0 Å². The molecule has 5 nitrogen and oxygen atoms in total. The van der Waals surface area contributed by atoms with Crippen LogP contribution in [-0.2, 0) is 4.74 Å². The molecule has 2 heterocycles. The molecule has 2 aromatic carbocycles. The van der Waals surface area contributed by atoms with Crippen LogP contribution >= 0.6 is 0 Å². The van der Waals surface area contributed by atoms with Crippen molar-refractivity contribution in [2.24, 2.45) is 0 Å². The molecule has 3 aromatic rings. The fourth-order valence-corrected chi connectivity index (χ4v) is 3.27. The molecule has 0 bridgehead atoms. The van der Waals surface area contributed by atoms with Gasteiger partial charge in [0.1, 0.15) is 6.07 Å². The van der Waals surface area contributed by atoms with Gasteiger partial charge >= 0.3 is 0 Å². The maximum atomic E-state index is 9.55. The van der Waals surface area contributed by atoms with Gasteiger partial charge in [0.25, 0.3) is 0 Å². The zero-order valence-corrected chi connectivity index (χ0v) is 14.3. The molecular formula is C21H19N3O2. The standard InChI is InChI=1S/C21H19N3O2/c22-15-18-21(24-11-13-25-14-12-24)26-20(23-18)19(16-7-3-1-4-8-16)17-9-5-2-6-10-17/h1-10,19H,11-14H2. The Hall–Kier alpha value is -3.10. The molecule has 0 radical (unpaired) electrons. The van der Waals surface area contributed by atoms with E-state index in [4.69, 9.17) is 9.15 Å². The van der Waals surface area contributed by atoms with Gasteiger partial charge in [-0.2, -0.15) is 10.2 Å². The number of morpholine rings is 1. The monoisotopic (exact) mass is 345 g/mol. The number of nitrogens with zero attached hydrogens (tertiary/aromatic N) is 3. The number of rotatable bonds is 4. The van der Waals surface area contributed by atoms with Gasteiger partial charge in [0.15, 0.2) is 0 Å². The Morgan fingerprint density at radius 2 is 1.50 bits per heavy atom. The first-order valence-corrected chi connectivity index (χ1v) is 8.70. The molecule has 26 heavy (non-hydrogen) atoms. The number of aromatic nitrogens is 1. The Bertz CT molecular complexity index is 855. The molecule has 1 fully saturated rings. The normalized spacial score (nSPS) is 14.4. The Morgan fingerprint density at radius 3 is 2.04 bits per heavy atom. The van der Waals surface area contributed by atoms with Gasteiger partial charge in [0, 0.05) is 13.1 Å². The fourth-order valence-electron chi connectivity index (χ4n) is 3.27. The minimum Gasteiger partial charge on any atom is -0.423 e. The molecule has 0 unspecified atom stereocenters. The van der Waals surface area contributed by atoms with Crippen LogP contribution in [0.25, 0.3) is 0 Å². The Labute approximate surface area is 152 Å².